The van der Waals surface area contributed by atoms with Crippen molar-refractivity contribution in [2.45, 2.75) is 45.6 Å². The fraction of sp³-hybridized carbons (Fsp3) is 0.867. The average molecular weight is 281 g/mol. The SMILES string of the molecule is CCC1NC(=O)CCN(CC2(C)CCN(C)CC2)C1=O. The molecule has 0 aliphatic carbocycles. The molecule has 114 valence electrons. The first kappa shape index (κ1) is 15.3. The van der Waals surface area contributed by atoms with E-state index in [-0.39, 0.29) is 23.3 Å². The Labute approximate surface area is 121 Å². The van der Waals surface area contributed by atoms with E-state index in [9.17, 15) is 9.59 Å². The molecule has 5 nitrogen and oxygen atoms in total. The molecule has 1 N–H and O–H groups in total. The largest absolute Gasteiger partial charge is 0.344 e. The van der Waals surface area contributed by atoms with Crippen LogP contribution in [0.1, 0.15) is 39.5 Å². The molecule has 2 fully saturated rings. The maximum absolute atomic E-state index is 12.5. The minimum atomic E-state index is -0.333. The molecular weight excluding hydrogens is 254 g/mol. The molecule has 1 unspecified atom stereocenters. The third kappa shape index (κ3) is 3.51. The molecule has 0 radical (unpaired) electrons. The van der Waals surface area contributed by atoms with Crippen LogP contribution in [0.2, 0.25) is 0 Å². The number of hydrogen-bond acceptors (Lipinski definition) is 3. The second kappa shape index (κ2) is 6.12. The lowest BCUT2D eigenvalue weighted by atomic mass is 9.80. The van der Waals surface area contributed by atoms with E-state index in [0.29, 0.717) is 19.4 Å². The van der Waals surface area contributed by atoms with Crippen LogP contribution >= 0.6 is 0 Å². The molecule has 2 amide bonds. The summed E-state index contributed by atoms with van der Waals surface area (Å²) in [6.07, 6.45) is 3.33. The second-order valence-electron chi connectivity index (χ2n) is 6.65. The van der Waals surface area contributed by atoms with E-state index >= 15 is 0 Å². The molecular formula is C15H27N3O2. The zero-order valence-electron chi connectivity index (χ0n) is 12.9. The number of amides is 2. The van der Waals surface area contributed by atoms with Crippen molar-refractivity contribution >= 4 is 11.8 Å². The Morgan fingerprint density at radius 3 is 2.50 bits per heavy atom. The summed E-state index contributed by atoms with van der Waals surface area (Å²) < 4.78 is 0. The van der Waals surface area contributed by atoms with E-state index in [0.717, 1.165) is 32.5 Å². The van der Waals surface area contributed by atoms with Gasteiger partial charge in [0.25, 0.3) is 0 Å². The number of nitrogens with one attached hydrogen (secondary N) is 1. The molecule has 2 aliphatic heterocycles. The number of rotatable bonds is 3. The van der Waals surface area contributed by atoms with Gasteiger partial charge < -0.3 is 15.1 Å². The van der Waals surface area contributed by atoms with E-state index in [1.807, 2.05) is 11.8 Å². The lowest BCUT2D eigenvalue weighted by molar-refractivity contribution is -0.135. The van der Waals surface area contributed by atoms with Crippen LogP contribution in [0.3, 0.4) is 0 Å². The van der Waals surface area contributed by atoms with E-state index in [1.165, 1.54) is 0 Å². The van der Waals surface area contributed by atoms with Crippen LogP contribution in [0.15, 0.2) is 0 Å². The van der Waals surface area contributed by atoms with Crippen LogP contribution in [0.5, 0.6) is 0 Å². The second-order valence-corrected chi connectivity index (χ2v) is 6.65. The lowest BCUT2D eigenvalue weighted by Gasteiger charge is -2.41. The summed E-state index contributed by atoms with van der Waals surface area (Å²) in [5.41, 5.74) is 0.188. The Balaban J connectivity index is 2.03. The van der Waals surface area contributed by atoms with Crippen molar-refractivity contribution in [2.75, 3.05) is 33.2 Å². The van der Waals surface area contributed by atoms with Crippen molar-refractivity contribution in [3.63, 3.8) is 0 Å². The third-order valence-corrected chi connectivity index (χ3v) is 4.73. The number of nitrogens with zero attached hydrogens (tertiary/aromatic N) is 2. The van der Waals surface area contributed by atoms with Crippen molar-refractivity contribution in [1.82, 2.24) is 15.1 Å². The smallest absolute Gasteiger partial charge is 0.245 e. The maximum atomic E-state index is 12.5. The van der Waals surface area contributed by atoms with Crippen LogP contribution in [0.4, 0.5) is 0 Å². The summed E-state index contributed by atoms with van der Waals surface area (Å²) in [5, 5.41) is 2.83. The van der Waals surface area contributed by atoms with Crippen LogP contribution in [0.25, 0.3) is 0 Å². The molecule has 5 heteroatoms. The highest BCUT2D eigenvalue weighted by molar-refractivity contribution is 5.89. The minimum absolute atomic E-state index is 0.00114. The molecule has 0 aromatic heterocycles. The quantitative estimate of drug-likeness (QED) is 0.834. The summed E-state index contributed by atoms with van der Waals surface area (Å²) in [6.45, 7) is 7.75. The van der Waals surface area contributed by atoms with Gasteiger partial charge in [0.15, 0.2) is 0 Å². The van der Waals surface area contributed by atoms with Gasteiger partial charge in [-0.05, 0) is 44.8 Å². The van der Waals surface area contributed by atoms with Gasteiger partial charge in [0.2, 0.25) is 11.8 Å². The first-order valence-corrected chi connectivity index (χ1v) is 7.70. The zero-order valence-corrected chi connectivity index (χ0v) is 12.9. The van der Waals surface area contributed by atoms with Gasteiger partial charge in [-0.15, -0.1) is 0 Å². The summed E-state index contributed by atoms with van der Waals surface area (Å²) >= 11 is 0. The molecule has 0 aromatic carbocycles. The van der Waals surface area contributed by atoms with Gasteiger partial charge >= 0.3 is 0 Å². The molecule has 0 aromatic rings. The summed E-state index contributed by atoms with van der Waals surface area (Å²) in [4.78, 5) is 28.4. The topological polar surface area (TPSA) is 52.7 Å². The number of carbonyl (C=O) groups excluding carboxylic acids is 2. The van der Waals surface area contributed by atoms with E-state index < -0.39 is 0 Å². The van der Waals surface area contributed by atoms with Crippen molar-refractivity contribution in [3.05, 3.63) is 0 Å². The number of likely N-dealkylation sites (tertiary alicyclic amines) is 1. The lowest BCUT2D eigenvalue weighted by Crippen LogP contribution is -2.49. The highest BCUT2D eigenvalue weighted by atomic mass is 16.2. The highest BCUT2D eigenvalue weighted by Crippen LogP contribution is 2.31. The van der Waals surface area contributed by atoms with Gasteiger partial charge in [-0.1, -0.05) is 13.8 Å². The van der Waals surface area contributed by atoms with Gasteiger partial charge in [-0.25, -0.2) is 0 Å². The maximum Gasteiger partial charge on any atom is 0.245 e. The molecule has 20 heavy (non-hydrogen) atoms. The van der Waals surface area contributed by atoms with Crippen molar-refractivity contribution in [3.8, 4) is 0 Å². The molecule has 0 spiro atoms. The average Bonchev–Trinajstić information content (AvgIpc) is 2.55. The Kier molecular flexibility index (Phi) is 4.68. The van der Waals surface area contributed by atoms with Crippen molar-refractivity contribution in [2.24, 2.45) is 5.41 Å². The fourth-order valence-corrected chi connectivity index (χ4v) is 3.11. The zero-order chi connectivity index (χ0) is 14.8. The standard InChI is InChI=1S/C15H27N3O2/c1-4-12-14(20)18(8-5-13(19)16-12)11-15(2)6-9-17(3)10-7-15/h12H,4-11H2,1-3H3,(H,16,19). The predicted molar refractivity (Wildman–Crippen MR) is 78.3 cm³/mol. The number of hydrogen-bond donors (Lipinski definition) is 1. The van der Waals surface area contributed by atoms with Crippen LogP contribution in [-0.4, -0.2) is 60.9 Å². The molecule has 2 saturated heterocycles. The Bertz CT molecular complexity index is 375. The Morgan fingerprint density at radius 1 is 1.25 bits per heavy atom. The van der Waals surface area contributed by atoms with Gasteiger partial charge in [0.05, 0.1) is 0 Å². The van der Waals surface area contributed by atoms with Crippen LogP contribution < -0.4 is 5.32 Å². The first-order valence-electron chi connectivity index (χ1n) is 7.70. The van der Waals surface area contributed by atoms with Crippen molar-refractivity contribution in [1.29, 1.82) is 0 Å². The summed E-state index contributed by atoms with van der Waals surface area (Å²) in [6, 6.07) is -0.333. The minimum Gasteiger partial charge on any atom is -0.344 e. The van der Waals surface area contributed by atoms with Crippen LogP contribution in [0, 0.1) is 5.41 Å². The predicted octanol–water partition coefficient (Wildman–Crippen LogP) is 0.845. The molecule has 1 atom stereocenters. The third-order valence-electron chi connectivity index (χ3n) is 4.73. The Hall–Kier alpha value is -1.10. The monoisotopic (exact) mass is 281 g/mol. The van der Waals surface area contributed by atoms with E-state index in [4.69, 9.17) is 0 Å². The summed E-state index contributed by atoms with van der Waals surface area (Å²) in [7, 11) is 2.15. The van der Waals surface area contributed by atoms with Crippen molar-refractivity contribution < 1.29 is 9.59 Å². The highest BCUT2D eigenvalue weighted by Gasteiger charge is 2.35. The molecule has 2 aliphatic rings. The fourth-order valence-electron chi connectivity index (χ4n) is 3.11. The molecule has 2 rings (SSSR count). The first-order chi connectivity index (χ1) is 9.43. The van der Waals surface area contributed by atoms with E-state index in [2.05, 4.69) is 24.2 Å². The van der Waals surface area contributed by atoms with Crippen LogP contribution in [-0.2, 0) is 9.59 Å². The van der Waals surface area contributed by atoms with Gasteiger partial charge in [0.1, 0.15) is 6.04 Å². The normalized spacial score (nSPS) is 28.1. The van der Waals surface area contributed by atoms with Gasteiger partial charge in [-0.2, -0.15) is 0 Å². The van der Waals surface area contributed by atoms with E-state index in [1.54, 1.807) is 0 Å². The molecule has 2 heterocycles. The molecule has 0 bridgehead atoms. The Morgan fingerprint density at radius 2 is 1.90 bits per heavy atom. The van der Waals surface area contributed by atoms with Gasteiger partial charge in [0, 0.05) is 19.5 Å². The number of piperidine rings is 1. The van der Waals surface area contributed by atoms with Gasteiger partial charge in [-0.3, -0.25) is 9.59 Å². The summed E-state index contributed by atoms with van der Waals surface area (Å²) in [5.74, 6) is 0.0970. The number of carbonyl (C=O) groups is 2. The molecule has 0 saturated carbocycles.